The Bertz CT molecular complexity index is 1790. The molecule has 0 saturated carbocycles. The van der Waals surface area contributed by atoms with Gasteiger partial charge in [0.05, 0.1) is 19.1 Å². The molecule has 0 aromatic carbocycles. The fraction of sp³-hybridized carbons (Fsp3) is 0.796. The van der Waals surface area contributed by atoms with Gasteiger partial charge in [0.15, 0.2) is 5.96 Å². The Morgan fingerprint density at radius 3 is 1.58 bits per heavy atom. The van der Waals surface area contributed by atoms with Gasteiger partial charge in [-0.15, -0.1) is 0 Å². The van der Waals surface area contributed by atoms with Crippen molar-refractivity contribution in [2.45, 2.75) is 229 Å². The number of hydrogen-bond acceptors (Lipinski definition) is 14. The van der Waals surface area contributed by atoms with Crippen LogP contribution in [-0.4, -0.2) is 146 Å². The Morgan fingerprint density at radius 1 is 0.603 bits per heavy atom. The molecule has 0 aliphatic carbocycles. The highest BCUT2D eigenvalue weighted by Gasteiger charge is 2.33. The molecule has 24 heteroatoms. The molecule has 21 N–H and O–H groups in total. The lowest BCUT2D eigenvalue weighted by molar-refractivity contribution is -0.135. The number of nitrogens with two attached hydrogens (primary N) is 6. The smallest absolute Gasteiger partial charge is 0.243 e. The molecule has 0 aromatic heterocycles. The average Bonchev–Trinajstić information content (AvgIpc) is 3.41. The lowest BCUT2D eigenvalue weighted by Crippen LogP contribution is -2.59. The topological polar surface area (TPSA) is 422 Å². The van der Waals surface area contributed by atoms with E-state index >= 15 is 0 Å². The third kappa shape index (κ3) is 34.5. The zero-order chi connectivity index (χ0) is 57.8. The Balaban J connectivity index is 3.41. The molecule has 0 spiro atoms. The molecule has 8 amide bonds. The Morgan fingerprint density at radius 2 is 1.09 bits per heavy atom. The first-order valence-corrected chi connectivity index (χ1v) is 29.1. The van der Waals surface area contributed by atoms with Crippen molar-refractivity contribution in [2.24, 2.45) is 39.4 Å². The van der Waals surface area contributed by atoms with Gasteiger partial charge in [0.25, 0.3) is 0 Å². The Labute approximate surface area is 464 Å². The quantitative estimate of drug-likeness (QED) is 0.0169. The first-order chi connectivity index (χ1) is 37.6. The maximum atomic E-state index is 14.4. The number of aliphatic imine (C=N–C) groups is 1. The van der Waals surface area contributed by atoms with E-state index in [0.717, 1.165) is 32.1 Å². The second kappa shape index (κ2) is 45.4. The molecule has 1 aliphatic heterocycles. The van der Waals surface area contributed by atoms with Crippen LogP contribution in [0.4, 0.5) is 0 Å². The van der Waals surface area contributed by atoms with Gasteiger partial charge in [-0.1, -0.05) is 51.2 Å². The SMILES string of the molecule is CCCCCC/C=C\CCCCC[C@@H](O)CC(=O)NCC(=O)N[C@@H](CCCN=C(N)N)C(=O)NC1CCCCNC(=O)C(CCCCN)NC(=O)[C@@H](CCCCN)NC(=O)[C@@H](CCCCN)NC(=O)C(CCCCN)NC1=O. The fourth-order valence-electron chi connectivity index (χ4n) is 8.81. The number of nitrogens with zero attached hydrogens (tertiary/aromatic N) is 1. The maximum absolute atomic E-state index is 14.4. The molecule has 78 heavy (non-hydrogen) atoms. The Hall–Kier alpha value is -5.43. The van der Waals surface area contributed by atoms with Crippen molar-refractivity contribution >= 4 is 53.2 Å². The van der Waals surface area contributed by atoms with E-state index in [1.54, 1.807) is 0 Å². The lowest BCUT2D eigenvalue weighted by Gasteiger charge is -2.28. The van der Waals surface area contributed by atoms with E-state index in [2.05, 4.69) is 66.6 Å². The molecular weight excluding hydrogens is 1000 g/mol. The highest BCUT2D eigenvalue weighted by Crippen LogP contribution is 2.13. The normalized spacial score (nSPS) is 19.9. The van der Waals surface area contributed by atoms with Crippen LogP contribution in [0.3, 0.4) is 0 Å². The summed E-state index contributed by atoms with van der Waals surface area (Å²) < 4.78 is 0. The average molecular weight is 1110 g/mol. The summed E-state index contributed by atoms with van der Waals surface area (Å²) in [6.07, 6.45) is 19.1. The number of nitrogens with one attached hydrogen (secondary N) is 8. The van der Waals surface area contributed by atoms with Crippen LogP contribution in [0.2, 0.25) is 0 Å². The summed E-state index contributed by atoms with van der Waals surface area (Å²) in [5.74, 6) is -5.25. The third-order valence-electron chi connectivity index (χ3n) is 13.4. The van der Waals surface area contributed by atoms with E-state index in [1.807, 2.05) is 0 Å². The van der Waals surface area contributed by atoms with Crippen molar-refractivity contribution in [3.63, 3.8) is 0 Å². The van der Waals surface area contributed by atoms with Crippen LogP contribution in [-0.2, 0) is 38.4 Å². The third-order valence-corrected chi connectivity index (χ3v) is 13.4. The summed E-state index contributed by atoms with van der Waals surface area (Å²) in [5.41, 5.74) is 34.2. The number of carbonyl (C=O) groups excluding carboxylic acids is 8. The standard InChI is InChI=1S/C54H103N15O9/c1-2-3-4-5-6-7-8-9-10-11-12-24-39(70)37-46(71)63-38-47(72)64-41(30-23-36-62-54(59)60)49(74)66-45-29-17-22-35-61-48(73)40(25-13-18-31-55)65-50(75)42(26-14-19-32-56)67-51(76)43(27-15-20-33-57)68-52(77)44(69-53(45)78)28-16-21-34-58/h7-8,39-45,70H,2-6,9-38,55-58H2,1H3,(H,61,73)(H,63,71)(H,64,72)(H,65,75)(H,66,74)(H,67,76)(H,68,77)(H,69,78)(H4,59,60,62)/b8-7-/t39-,40?,41+,42-,43-,44?,45?/m1/s1. The summed E-state index contributed by atoms with van der Waals surface area (Å²) in [5, 5.41) is 32.6. The number of amides is 8. The first kappa shape index (κ1) is 70.6. The van der Waals surface area contributed by atoms with Gasteiger partial charge in [-0.05, 0) is 167 Å². The summed E-state index contributed by atoms with van der Waals surface area (Å²) in [6, 6.07) is -6.89. The molecule has 7 atom stereocenters. The van der Waals surface area contributed by atoms with Crippen molar-refractivity contribution in [1.82, 2.24) is 42.5 Å². The van der Waals surface area contributed by atoms with Crippen LogP contribution >= 0.6 is 0 Å². The van der Waals surface area contributed by atoms with E-state index in [9.17, 15) is 43.5 Å². The van der Waals surface area contributed by atoms with E-state index in [1.165, 1.54) is 25.7 Å². The highest BCUT2D eigenvalue weighted by atomic mass is 16.3. The van der Waals surface area contributed by atoms with Gasteiger partial charge in [0.2, 0.25) is 47.3 Å². The maximum Gasteiger partial charge on any atom is 0.243 e. The summed E-state index contributed by atoms with van der Waals surface area (Å²) in [6.45, 7) is 3.31. The predicted molar refractivity (Wildman–Crippen MR) is 305 cm³/mol. The highest BCUT2D eigenvalue weighted by molar-refractivity contribution is 5.97. The number of carbonyl (C=O) groups is 8. The van der Waals surface area contributed by atoms with Crippen LogP contribution in [0.15, 0.2) is 17.1 Å². The van der Waals surface area contributed by atoms with Gasteiger partial charge < -0.3 is 82.0 Å². The minimum absolute atomic E-state index is 0.0186. The largest absolute Gasteiger partial charge is 0.393 e. The molecule has 3 unspecified atom stereocenters. The zero-order valence-corrected chi connectivity index (χ0v) is 47.1. The monoisotopic (exact) mass is 1110 g/mol. The van der Waals surface area contributed by atoms with E-state index in [4.69, 9.17) is 34.4 Å². The first-order valence-electron chi connectivity index (χ1n) is 29.1. The van der Waals surface area contributed by atoms with Crippen molar-refractivity contribution in [1.29, 1.82) is 0 Å². The molecule has 1 fully saturated rings. The van der Waals surface area contributed by atoms with Crippen molar-refractivity contribution in [3.05, 3.63) is 12.2 Å². The molecule has 0 radical (unpaired) electrons. The molecule has 0 aromatic rings. The minimum Gasteiger partial charge on any atom is -0.393 e. The molecule has 0 bridgehead atoms. The number of aliphatic hydroxyl groups is 1. The molecule has 1 heterocycles. The van der Waals surface area contributed by atoms with Crippen molar-refractivity contribution < 1.29 is 43.5 Å². The van der Waals surface area contributed by atoms with Gasteiger partial charge in [-0.25, -0.2) is 0 Å². The van der Waals surface area contributed by atoms with Crippen LogP contribution in [0.25, 0.3) is 0 Å². The van der Waals surface area contributed by atoms with Gasteiger partial charge in [0.1, 0.15) is 36.3 Å². The Kier molecular flexibility index (Phi) is 41.1. The van der Waals surface area contributed by atoms with Gasteiger partial charge in [-0.3, -0.25) is 43.3 Å². The number of rotatable bonds is 38. The van der Waals surface area contributed by atoms with Gasteiger partial charge >= 0.3 is 0 Å². The molecule has 1 rings (SSSR count). The molecule has 1 aliphatic rings. The van der Waals surface area contributed by atoms with E-state index in [-0.39, 0.29) is 76.8 Å². The number of hydrogen-bond donors (Lipinski definition) is 15. The lowest BCUT2D eigenvalue weighted by atomic mass is 10.0. The number of aliphatic hydroxyl groups excluding tert-OH is 1. The summed E-state index contributed by atoms with van der Waals surface area (Å²) in [7, 11) is 0. The number of unbranched alkanes of at least 4 members (excludes halogenated alkanes) is 11. The second-order valence-electron chi connectivity index (χ2n) is 20.4. The van der Waals surface area contributed by atoms with Crippen molar-refractivity contribution in [2.75, 3.05) is 45.8 Å². The van der Waals surface area contributed by atoms with Crippen LogP contribution < -0.4 is 76.9 Å². The minimum atomic E-state index is -1.27. The molecule has 24 nitrogen and oxygen atoms in total. The van der Waals surface area contributed by atoms with Crippen LogP contribution in [0, 0.1) is 0 Å². The van der Waals surface area contributed by atoms with Gasteiger partial charge in [0, 0.05) is 13.1 Å². The van der Waals surface area contributed by atoms with Gasteiger partial charge in [-0.2, -0.15) is 0 Å². The summed E-state index contributed by atoms with van der Waals surface area (Å²) >= 11 is 0. The van der Waals surface area contributed by atoms with E-state index < -0.39 is 96.2 Å². The number of allylic oxidation sites excluding steroid dienone is 2. The zero-order valence-electron chi connectivity index (χ0n) is 47.1. The van der Waals surface area contributed by atoms with E-state index in [0.29, 0.717) is 90.4 Å². The second-order valence-corrected chi connectivity index (χ2v) is 20.4. The number of guanidine groups is 1. The van der Waals surface area contributed by atoms with Crippen LogP contribution in [0.1, 0.15) is 187 Å². The molecule has 448 valence electrons. The van der Waals surface area contributed by atoms with Crippen LogP contribution in [0.5, 0.6) is 0 Å². The predicted octanol–water partition coefficient (Wildman–Crippen LogP) is 0.109. The summed E-state index contributed by atoms with van der Waals surface area (Å²) in [4.78, 5) is 115. The molecule has 1 saturated heterocycles. The fourth-order valence-corrected chi connectivity index (χ4v) is 8.81. The molecular formula is C54H103N15O9. The van der Waals surface area contributed by atoms with Crippen molar-refractivity contribution in [3.8, 4) is 0 Å².